The largest absolute Gasteiger partial charge is 0.353 e. The van der Waals surface area contributed by atoms with Gasteiger partial charge in [0.05, 0.1) is 16.5 Å². The molecule has 7 rings (SSSR count). The fourth-order valence-corrected chi connectivity index (χ4v) is 8.19. The van der Waals surface area contributed by atoms with Crippen LogP contribution in [0, 0.1) is 29.6 Å². The van der Waals surface area contributed by atoms with Crippen molar-refractivity contribution in [1.29, 1.82) is 0 Å². The second-order valence-electron chi connectivity index (χ2n) is 11.5. The molecule has 1 unspecified atom stereocenters. The number of carbonyl (C=O) groups is 2. The van der Waals surface area contributed by atoms with Crippen molar-refractivity contribution in [3.05, 3.63) is 24.3 Å². The molecule has 6 nitrogen and oxygen atoms in total. The zero-order valence-electron chi connectivity index (χ0n) is 20.9. The van der Waals surface area contributed by atoms with Gasteiger partial charge in [-0.1, -0.05) is 31.4 Å². The first-order valence-electron chi connectivity index (χ1n) is 13.7. The van der Waals surface area contributed by atoms with Crippen LogP contribution < -0.4 is 4.90 Å². The molecule has 5 fully saturated rings. The van der Waals surface area contributed by atoms with Crippen LogP contribution in [-0.2, 0) is 9.59 Å². The van der Waals surface area contributed by atoms with Crippen molar-refractivity contribution in [1.82, 2.24) is 14.2 Å². The minimum Gasteiger partial charge on any atom is -0.353 e. The lowest BCUT2D eigenvalue weighted by Crippen LogP contribution is -2.44. The van der Waals surface area contributed by atoms with Crippen LogP contribution in [0.3, 0.4) is 0 Å². The molecule has 3 saturated carbocycles. The van der Waals surface area contributed by atoms with Gasteiger partial charge in [-0.25, -0.2) is 0 Å². The average Bonchev–Trinajstić information content (AvgIpc) is 3.66. The summed E-state index contributed by atoms with van der Waals surface area (Å²) < 4.78 is 5.88. The van der Waals surface area contributed by atoms with Crippen LogP contribution in [-0.4, -0.2) is 65.8 Å². The Balaban J connectivity index is 0.000000198. The van der Waals surface area contributed by atoms with E-state index in [1.54, 1.807) is 16.4 Å². The van der Waals surface area contributed by atoms with E-state index in [1.807, 2.05) is 0 Å². The molecule has 3 aliphatic carbocycles. The predicted octanol–water partition coefficient (Wildman–Crippen LogP) is 5.38. The van der Waals surface area contributed by atoms with Gasteiger partial charge >= 0.3 is 0 Å². The number of fused-ring (bicyclic) bond motifs is 6. The van der Waals surface area contributed by atoms with Gasteiger partial charge in [0.15, 0.2) is 0 Å². The molecule has 2 bridgehead atoms. The van der Waals surface area contributed by atoms with Crippen LogP contribution in [0.1, 0.15) is 55.6 Å². The highest BCUT2D eigenvalue weighted by Gasteiger charge is 2.60. The fourth-order valence-electron chi connectivity index (χ4n) is 7.40. The summed E-state index contributed by atoms with van der Waals surface area (Å²) in [5.41, 5.74) is 0. The highest BCUT2D eigenvalue weighted by atomic mass is 32.1. The van der Waals surface area contributed by atoms with Gasteiger partial charge in [-0.3, -0.25) is 14.5 Å². The molecule has 7 heteroatoms. The molecule has 4 atom stereocenters. The molecule has 2 aromatic rings. The first-order chi connectivity index (χ1) is 17.1. The molecule has 1 aromatic heterocycles. The molecule has 0 spiro atoms. The summed E-state index contributed by atoms with van der Waals surface area (Å²) in [5, 5.41) is 1.30. The Morgan fingerprint density at radius 3 is 2.26 bits per heavy atom. The van der Waals surface area contributed by atoms with Gasteiger partial charge in [0.25, 0.3) is 0 Å². The average molecular weight is 501 g/mol. The highest BCUT2D eigenvalue weighted by molar-refractivity contribution is 7.13. The van der Waals surface area contributed by atoms with Gasteiger partial charge in [-0.2, -0.15) is 4.37 Å². The topological polar surface area (TPSA) is 56.8 Å². The number of likely N-dealkylation sites (tertiary alicyclic amines) is 1. The lowest BCUT2D eigenvalue weighted by molar-refractivity contribution is -0.141. The van der Waals surface area contributed by atoms with Crippen molar-refractivity contribution in [3.63, 3.8) is 0 Å². The van der Waals surface area contributed by atoms with Crippen LogP contribution in [0.5, 0.6) is 0 Å². The quantitative estimate of drug-likeness (QED) is 0.529. The Labute approximate surface area is 217 Å². The summed E-state index contributed by atoms with van der Waals surface area (Å²) in [6.07, 6.45) is 9.80. The zero-order chi connectivity index (χ0) is 23.9. The smallest absolute Gasteiger partial charge is 0.233 e. The van der Waals surface area contributed by atoms with Crippen molar-refractivity contribution in [2.75, 3.05) is 44.7 Å². The van der Waals surface area contributed by atoms with E-state index in [0.717, 1.165) is 39.1 Å². The van der Waals surface area contributed by atoms with E-state index in [2.05, 4.69) is 45.5 Å². The van der Waals surface area contributed by atoms with E-state index in [-0.39, 0.29) is 27.9 Å². The Morgan fingerprint density at radius 1 is 0.914 bits per heavy atom. The number of amides is 2. The summed E-state index contributed by atoms with van der Waals surface area (Å²) in [6, 6.07) is 8.49. The Hall–Kier alpha value is -1.99. The summed E-state index contributed by atoms with van der Waals surface area (Å²) in [7, 11) is 2.18. The van der Waals surface area contributed by atoms with Crippen LogP contribution in [0.4, 0.5) is 5.82 Å². The zero-order valence-corrected chi connectivity index (χ0v) is 21.7. The summed E-state index contributed by atoms with van der Waals surface area (Å²) in [4.78, 5) is 31.6. The molecule has 194 valence electrons. The predicted molar refractivity (Wildman–Crippen MR) is 147 cm³/mol. The molecule has 2 saturated heterocycles. The number of benzene rings is 1. The Bertz CT molecular complexity index is 1060. The second kappa shape index (κ2) is 9.81. The van der Waals surface area contributed by atoms with E-state index < -0.39 is 0 Å². The number of hydrogen-bond donors (Lipinski definition) is 0. The third-order valence-electron chi connectivity index (χ3n) is 9.35. The van der Waals surface area contributed by atoms with Gasteiger partial charge in [-0.15, -0.1) is 0 Å². The SMILES string of the molecule is CN1CCN(c2nsc3ccccc23)CC1.O=C1C2[C@@H]3CC[C@@H](C3)[C@H]2C(=O)N1CC1CCCCC1.[HH].[HH].[HH]. The maximum Gasteiger partial charge on any atom is 0.233 e. The number of rotatable bonds is 3. The molecule has 0 N–H and O–H groups in total. The highest BCUT2D eigenvalue weighted by Crippen LogP contribution is 2.56. The van der Waals surface area contributed by atoms with Crippen molar-refractivity contribution in [2.45, 2.75) is 51.4 Å². The maximum atomic E-state index is 12.6. The summed E-state index contributed by atoms with van der Waals surface area (Å²) in [5.74, 6) is 3.35. The van der Waals surface area contributed by atoms with Crippen LogP contribution in [0.15, 0.2) is 24.3 Å². The van der Waals surface area contributed by atoms with Crippen molar-refractivity contribution in [2.24, 2.45) is 29.6 Å². The third-order valence-corrected chi connectivity index (χ3v) is 10.2. The van der Waals surface area contributed by atoms with Crippen LogP contribution in [0.2, 0.25) is 0 Å². The fraction of sp³-hybridized carbons (Fsp3) is 0.679. The standard InChI is InChI=1S/C16H23NO2.C12H15N3S.3H2/c18-15-13-11-6-7-12(8-11)14(13)16(19)17(15)9-10-4-2-1-3-5-10;1-14-6-8-15(9-7-14)12-10-4-2-3-5-11(10)16-13-12;;;/h10-14H,1-9H2;2-5H,6-9H2,1H3;3*1H/t11-,12+,13+,14?;;;;/m0..../s1. The molecular formula is C28H44N4O2S. The van der Waals surface area contributed by atoms with Crippen LogP contribution in [0.25, 0.3) is 10.1 Å². The molecular weight excluding hydrogens is 456 g/mol. The molecule has 2 aliphatic heterocycles. The number of hydrogen-bond acceptors (Lipinski definition) is 6. The Morgan fingerprint density at radius 2 is 1.57 bits per heavy atom. The monoisotopic (exact) mass is 500 g/mol. The van der Waals surface area contributed by atoms with Crippen LogP contribution >= 0.6 is 11.5 Å². The number of imide groups is 1. The lowest BCUT2D eigenvalue weighted by Gasteiger charge is -2.32. The first kappa shape index (κ1) is 23.4. The third kappa shape index (κ3) is 4.39. The van der Waals surface area contributed by atoms with E-state index >= 15 is 0 Å². The van der Waals surface area contributed by atoms with Gasteiger partial charge in [0.2, 0.25) is 11.8 Å². The lowest BCUT2D eigenvalue weighted by atomic mass is 9.81. The Kier molecular flexibility index (Phi) is 6.56. The second-order valence-corrected chi connectivity index (χ2v) is 12.3. The van der Waals surface area contributed by atoms with E-state index in [0.29, 0.717) is 17.8 Å². The minimum atomic E-state index is 0. The number of aromatic nitrogens is 1. The molecule has 1 aromatic carbocycles. The summed E-state index contributed by atoms with van der Waals surface area (Å²) >= 11 is 1.60. The van der Waals surface area contributed by atoms with Crippen molar-refractivity contribution < 1.29 is 13.9 Å². The molecule has 5 aliphatic rings. The first-order valence-corrected chi connectivity index (χ1v) is 14.5. The van der Waals surface area contributed by atoms with Gasteiger partial charge in [0.1, 0.15) is 5.82 Å². The number of nitrogens with zero attached hydrogens (tertiary/aromatic N) is 4. The van der Waals surface area contributed by atoms with Gasteiger partial charge in [-0.05, 0) is 80.6 Å². The maximum absolute atomic E-state index is 12.6. The molecule has 35 heavy (non-hydrogen) atoms. The van der Waals surface area contributed by atoms with E-state index in [9.17, 15) is 9.59 Å². The molecule has 0 radical (unpaired) electrons. The normalized spacial score (nSPS) is 31.2. The molecule has 2 amide bonds. The number of likely N-dealkylation sites (N-methyl/N-ethyl adjacent to an activating group) is 1. The van der Waals surface area contributed by atoms with Gasteiger partial charge in [0, 0.05) is 42.4 Å². The number of anilines is 1. The van der Waals surface area contributed by atoms with E-state index in [1.165, 1.54) is 60.8 Å². The number of carbonyl (C=O) groups excluding carboxylic acids is 2. The minimum absolute atomic E-state index is 0. The van der Waals surface area contributed by atoms with E-state index in [4.69, 9.17) is 0 Å². The van der Waals surface area contributed by atoms with Crippen molar-refractivity contribution in [3.8, 4) is 0 Å². The number of piperazine rings is 1. The molecule has 3 heterocycles. The van der Waals surface area contributed by atoms with Crippen molar-refractivity contribution >= 4 is 39.3 Å². The van der Waals surface area contributed by atoms with Gasteiger partial charge < -0.3 is 9.80 Å². The summed E-state index contributed by atoms with van der Waals surface area (Å²) in [6.45, 7) is 5.16.